The Bertz CT molecular complexity index is 852. The van der Waals surface area contributed by atoms with Gasteiger partial charge in [0.15, 0.2) is 0 Å². The first-order valence-electron chi connectivity index (χ1n) is 10.2. The van der Waals surface area contributed by atoms with Gasteiger partial charge in [-0.1, -0.05) is 6.07 Å². The number of nitrogens with one attached hydrogen (secondary N) is 1. The highest BCUT2D eigenvalue weighted by molar-refractivity contribution is 5.95. The molecule has 2 aromatic heterocycles. The lowest BCUT2D eigenvalue weighted by Crippen LogP contribution is -2.51. The number of hydrogen-bond donors (Lipinski definition) is 1. The Balaban J connectivity index is 1.61. The number of carbonyl (C=O) groups is 2. The fraction of sp³-hybridized carbons (Fsp3) is 0.500. The zero-order valence-corrected chi connectivity index (χ0v) is 17.8. The molecule has 1 N–H and O–H groups in total. The van der Waals surface area contributed by atoms with Crippen LogP contribution >= 0.6 is 0 Å². The molecule has 0 radical (unpaired) electrons. The number of aromatic nitrogens is 2. The predicted octanol–water partition coefficient (Wildman–Crippen LogP) is 1.83. The molecule has 0 bridgehead atoms. The number of aryl methyl sites for hydroxylation is 1. The fourth-order valence-electron chi connectivity index (χ4n) is 3.76. The molecule has 0 spiro atoms. The van der Waals surface area contributed by atoms with Crippen LogP contribution in [0, 0.1) is 13.8 Å². The highest BCUT2D eigenvalue weighted by atomic mass is 16.2. The summed E-state index contributed by atoms with van der Waals surface area (Å²) in [5, 5.41) is 2.92. The summed E-state index contributed by atoms with van der Waals surface area (Å²) in [5.74, 6) is 0.106. The second kappa shape index (κ2) is 9.22. The molecule has 29 heavy (non-hydrogen) atoms. The summed E-state index contributed by atoms with van der Waals surface area (Å²) in [7, 11) is 0. The number of amides is 2. The molecule has 0 saturated carbocycles. The summed E-state index contributed by atoms with van der Waals surface area (Å²) in [6, 6.07) is 7.99. The van der Waals surface area contributed by atoms with E-state index in [0.717, 1.165) is 22.6 Å². The van der Waals surface area contributed by atoms with Gasteiger partial charge < -0.3 is 14.8 Å². The molecule has 0 aromatic carbocycles. The maximum Gasteiger partial charge on any atom is 0.255 e. The minimum absolute atomic E-state index is 0.0397. The van der Waals surface area contributed by atoms with Crippen LogP contribution in [0.5, 0.6) is 0 Å². The summed E-state index contributed by atoms with van der Waals surface area (Å²) in [6.45, 7) is 11.7. The third-order valence-electron chi connectivity index (χ3n) is 5.33. The van der Waals surface area contributed by atoms with Crippen LogP contribution < -0.4 is 5.32 Å². The van der Waals surface area contributed by atoms with Gasteiger partial charge in [-0.05, 0) is 45.9 Å². The van der Waals surface area contributed by atoms with Gasteiger partial charge in [0.05, 0.1) is 24.3 Å². The van der Waals surface area contributed by atoms with Crippen LogP contribution in [0.1, 0.15) is 41.3 Å². The molecule has 3 rings (SSSR count). The maximum atomic E-state index is 13.1. The molecule has 2 aromatic rings. The van der Waals surface area contributed by atoms with Crippen LogP contribution in [0.25, 0.3) is 0 Å². The molecule has 1 aliphatic heterocycles. The molecule has 1 aliphatic rings. The molecule has 0 atom stereocenters. The number of pyridine rings is 1. The van der Waals surface area contributed by atoms with E-state index in [1.807, 2.05) is 56.9 Å². The lowest BCUT2D eigenvalue weighted by Gasteiger charge is -2.34. The van der Waals surface area contributed by atoms with Crippen molar-refractivity contribution in [3.05, 3.63) is 53.1 Å². The Morgan fingerprint density at radius 1 is 1.14 bits per heavy atom. The molecule has 3 heterocycles. The Hall–Kier alpha value is -2.67. The third kappa shape index (κ3) is 5.23. The summed E-state index contributed by atoms with van der Waals surface area (Å²) >= 11 is 0. The SMILES string of the molecule is Cc1cc(C(=O)N2CCN(CC(=O)NC(C)C)CC2)c(C)n1Cc1ccccn1. The average Bonchev–Trinajstić information content (AvgIpc) is 2.96. The number of carbonyl (C=O) groups excluding carboxylic acids is 2. The van der Waals surface area contributed by atoms with Gasteiger partial charge in [-0.2, -0.15) is 0 Å². The van der Waals surface area contributed by atoms with Crippen LogP contribution in [0.2, 0.25) is 0 Å². The van der Waals surface area contributed by atoms with Gasteiger partial charge in [0.25, 0.3) is 5.91 Å². The normalized spacial score (nSPS) is 15.0. The molecule has 0 aliphatic carbocycles. The van der Waals surface area contributed by atoms with Gasteiger partial charge in [0, 0.05) is 49.8 Å². The Kier molecular flexibility index (Phi) is 6.69. The van der Waals surface area contributed by atoms with Crippen molar-refractivity contribution in [2.75, 3.05) is 32.7 Å². The molecule has 1 fully saturated rings. The molecule has 0 unspecified atom stereocenters. The third-order valence-corrected chi connectivity index (χ3v) is 5.33. The van der Waals surface area contributed by atoms with E-state index in [4.69, 9.17) is 0 Å². The van der Waals surface area contributed by atoms with Crippen molar-refractivity contribution >= 4 is 11.8 Å². The van der Waals surface area contributed by atoms with Crippen molar-refractivity contribution in [1.29, 1.82) is 0 Å². The molecule has 7 nitrogen and oxygen atoms in total. The smallest absolute Gasteiger partial charge is 0.255 e. The van der Waals surface area contributed by atoms with E-state index in [0.29, 0.717) is 39.3 Å². The van der Waals surface area contributed by atoms with Crippen molar-refractivity contribution in [2.45, 2.75) is 40.3 Å². The van der Waals surface area contributed by atoms with E-state index < -0.39 is 0 Å². The summed E-state index contributed by atoms with van der Waals surface area (Å²) in [6.07, 6.45) is 1.79. The first kappa shape index (κ1) is 21.0. The fourth-order valence-corrected chi connectivity index (χ4v) is 3.76. The lowest BCUT2D eigenvalue weighted by molar-refractivity contribution is -0.123. The second-order valence-corrected chi connectivity index (χ2v) is 7.98. The standard InChI is InChI=1S/C22H31N5O2/c1-16(2)24-21(28)15-25-9-11-26(12-10-25)22(29)20-13-17(3)27(18(20)4)14-19-7-5-6-8-23-19/h5-8,13,16H,9-12,14-15H2,1-4H3,(H,24,28). The predicted molar refractivity (Wildman–Crippen MR) is 113 cm³/mol. The summed E-state index contributed by atoms with van der Waals surface area (Å²) < 4.78 is 2.14. The van der Waals surface area contributed by atoms with E-state index >= 15 is 0 Å². The number of rotatable bonds is 6. The van der Waals surface area contributed by atoms with Crippen LogP contribution in [0.15, 0.2) is 30.5 Å². The van der Waals surface area contributed by atoms with Gasteiger partial charge in [-0.3, -0.25) is 19.5 Å². The maximum absolute atomic E-state index is 13.1. The van der Waals surface area contributed by atoms with E-state index in [1.54, 1.807) is 6.20 Å². The average molecular weight is 398 g/mol. The number of piperazine rings is 1. The molecular formula is C22H31N5O2. The Labute approximate surface area is 172 Å². The molecule has 156 valence electrons. The summed E-state index contributed by atoms with van der Waals surface area (Å²) in [4.78, 5) is 33.5. The largest absolute Gasteiger partial charge is 0.353 e. The lowest BCUT2D eigenvalue weighted by atomic mass is 10.2. The van der Waals surface area contributed by atoms with Gasteiger partial charge in [0.1, 0.15) is 0 Å². The zero-order chi connectivity index (χ0) is 21.0. The quantitative estimate of drug-likeness (QED) is 0.807. The molecule has 1 saturated heterocycles. The van der Waals surface area contributed by atoms with E-state index in [9.17, 15) is 9.59 Å². The van der Waals surface area contributed by atoms with Gasteiger partial charge >= 0.3 is 0 Å². The van der Waals surface area contributed by atoms with Crippen LogP contribution in [-0.4, -0.2) is 69.9 Å². The molecule has 7 heteroatoms. The van der Waals surface area contributed by atoms with Crippen molar-refractivity contribution in [1.82, 2.24) is 24.7 Å². The second-order valence-electron chi connectivity index (χ2n) is 7.98. The monoisotopic (exact) mass is 397 g/mol. The first-order chi connectivity index (χ1) is 13.8. The number of hydrogen-bond acceptors (Lipinski definition) is 4. The van der Waals surface area contributed by atoms with Crippen LogP contribution in [0.3, 0.4) is 0 Å². The van der Waals surface area contributed by atoms with Crippen molar-refractivity contribution in [3.63, 3.8) is 0 Å². The molecule has 2 amide bonds. The van der Waals surface area contributed by atoms with Gasteiger partial charge in [0.2, 0.25) is 5.91 Å². The topological polar surface area (TPSA) is 70.5 Å². The zero-order valence-electron chi connectivity index (χ0n) is 17.8. The van der Waals surface area contributed by atoms with E-state index in [-0.39, 0.29) is 17.9 Å². The van der Waals surface area contributed by atoms with Gasteiger partial charge in [-0.15, -0.1) is 0 Å². The van der Waals surface area contributed by atoms with Crippen LogP contribution in [0.4, 0.5) is 0 Å². The Morgan fingerprint density at radius 2 is 1.86 bits per heavy atom. The van der Waals surface area contributed by atoms with Gasteiger partial charge in [-0.25, -0.2) is 0 Å². The highest BCUT2D eigenvalue weighted by Crippen LogP contribution is 2.19. The summed E-state index contributed by atoms with van der Waals surface area (Å²) in [5.41, 5.74) is 3.75. The van der Waals surface area contributed by atoms with Crippen molar-refractivity contribution in [2.24, 2.45) is 0 Å². The van der Waals surface area contributed by atoms with Crippen LogP contribution in [-0.2, 0) is 11.3 Å². The van der Waals surface area contributed by atoms with Crippen molar-refractivity contribution in [3.8, 4) is 0 Å². The highest BCUT2D eigenvalue weighted by Gasteiger charge is 2.26. The van der Waals surface area contributed by atoms with E-state index in [2.05, 4.69) is 19.8 Å². The first-order valence-corrected chi connectivity index (χ1v) is 10.2. The van der Waals surface area contributed by atoms with E-state index in [1.165, 1.54) is 0 Å². The Morgan fingerprint density at radius 3 is 2.48 bits per heavy atom. The molecular weight excluding hydrogens is 366 g/mol. The van der Waals surface area contributed by atoms with Crippen molar-refractivity contribution < 1.29 is 9.59 Å². The number of nitrogens with zero attached hydrogens (tertiary/aromatic N) is 4. The minimum atomic E-state index is 0.0397. The minimum Gasteiger partial charge on any atom is -0.353 e.